The topological polar surface area (TPSA) is 127 Å². The second-order valence-corrected chi connectivity index (χ2v) is 16.1. The lowest BCUT2D eigenvalue weighted by molar-refractivity contribution is -0.133. The van der Waals surface area contributed by atoms with Gasteiger partial charge in [0.05, 0.1) is 23.3 Å². The number of nitrogens with one attached hydrogen (secondary N) is 2. The fraction of sp³-hybridized carbons (Fsp3) is 0.615. The molecule has 7 aliphatic rings. The Morgan fingerprint density at radius 3 is 2.67 bits per heavy atom. The number of benzene rings is 1. The number of nitrogens with zero attached hydrogens (tertiary/aromatic N) is 1. The van der Waals surface area contributed by atoms with Crippen LogP contribution in [0.2, 0.25) is 0 Å². The van der Waals surface area contributed by atoms with Gasteiger partial charge in [0, 0.05) is 42.4 Å². The van der Waals surface area contributed by atoms with Crippen LogP contribution in [0.25, 0.3) is 10.9 Å². The molecule has 4 fully saturated rings. The normalized spacial score (nSPS) is 44.9. The number of hydrogen-bond donors (Lipinski definition) is 6. The molecule has 7 heteroatoms. The molecule has 7 nitrogen and oxygen atoms in total. The Labute approximate surface area is 271 Å². The molecule has 9 rings (SSSR count). The molecule has 11 unspecified atom stereocenters. The minimum absolute atomic E-state index is 0.0581. The first-order chi connectivity index (χ1) is 22.2. The first-order valence-electron chi connectivity index (χ1n) is 17.8. The Morgan fingerprint density at radius 1 is 1.07 bits per heavy atom. The lowest BCUT2D eigenvalue weighted by Crippen LogP contribution is -2.59. The van der Waals surface area contributed by atoms with Crippen LogP contribution in [0, 0.1) is 58.2 Å². The molecule has 7 aliphatic carbocycles. The molecule has 1 aromatic carbocycles. The van der Waals surface area contributed by atoms with Crippen molar-refractivity contribution in [1.82, 2.24) is 10.3 Å². The van der Waals surface area contributed by atoms with Gasteiger partial charge in [-0.2, -0.15) is 0 Å². The van der Waals surface area contributed by atoms with E-state index in [1.807, 2.05) is 0 Å². The summed E-state index contributed by atoms with van der Waals surface area (Å²) < 4.78 is 0. The molecular formula is C39H48N4O3. The molecule has 0 saturated heterocycles. The standard InChI is InChI=1S/C39H48N4O3/c1-41-35(40)43-26-11-10-24-20-36(14-4-5-15-36)21-25(18-27-17-23-7-2-3-9-32(23)42-27)39(24)29-8-6-16-37(45)28(29)12-13-30(39)34-31(37)19-33(44)38(34,46)22-26/h2-3,6-9,17,21,24,26,28-31,33-34,42,44-46H,4-5,12-16,18-20,22H2,1H3,(H3,40,41,43). The zero-order valence-corrected chi connectivity index (χ0v) is 26.9. The highest BCUT2D eigenvalue weighted by Crippen LogP contribution is 2.75. The van der Waals surface area contributed by atoms with E-state index in [1.165, 1.54) is 42.3 Å². The molecule has 46 heavy (non-hydrogen) atoms. The van der Waals surface area contributed by atoms with Crippen LogP contribution in [0.1, 0.15) is 69.9 Å². The van der Waals surface area contributed by atoms with E-state index in [2.05, 4.69) is 75.7 Å². The molecule has 0 amide bonds. The van der Waals surface area contributed by atoms with Crippen LogP contribution in [0.5, 0.6) is 0 Å². The minimum Gasteiger partial charge on any atom is -0.390 e. The van der Waals surface area contributed by atoms with Crippen LogP contribution in [0.15, 0.2) is 59.1 Å². The number of allylic oxidation sites excluding steroid dienone is 3. The average Bonchev–Trinajstić information content (AvgIpc) is 3.71. The van der Waals surface area contributed by atoms with Crippen molar-refractivity contribution >= 4 is 16.9 Å². The van der Waals surface area contributed by atoms with Crippen molar-refractivity contribution in [3.05, 3.63) is 59.8 Å². The largest absolute Gasteiger partial charge is 0.390 e. The second kappa shape index (κ2) is 9.98. The smallest absolute Gasteiger partial charge is 0.189 e. The number of para-hydroxylation sites is 1. The zero-order chi connectivity index (χ0) is 31.5. The minimum atomic E-state index is -1.41. The van der Waals surface area contributed by atoms with Gasteiger partial charge < -0.3 is 31.4 Å². The molecule has 4 saturated carbocycles. The number of aromatic amines is 1. The molecule has 2 aromatic rings. The number of rotatable bonds is 3. The molecule has 6 bridgehead atoms. The Morgan fingerprint density at radius 2 is 1.87 bits per heavy atom. The highest BCUT2D eigenvalue weighted by Gasteiger charge is 2.75. The number of fused-ring (bicyclic) bond motifs is 2. The molecule has 0 radical (unpaired) electrons. The monoisotopic (exact) mass is 620 g/mol. The highest BCUT2D eigenvalue weighted by molar-refractivity contribution is 5.80. The number of H-pyrrole nitrogens is 1. The van der Waals surface area contributed by atoms with E-state index in [4.69, 9.17) is 5.73 Å². The van der Waals surface area contributed by atoms with E-state index < -0.39 is 23.3 Å². The van der Waals surface area contributed by atoms with Gasteiger partial charge in [0.15, 0.2) is 5.96 Å². The van der Waals surface area contributed by atoms with Crippen LogP contribution in [0.3, 0.4) is 0 Å². The maximum atomic E-state index is 12.9. The summed E-state index contributed by atoms with van der Waals surface area (Å²) in [5, 5.41) is 42.2. The number of aliphatic hydroxyl groups is 3. The Balaban J connectivity index is 1.31. The Hall–Kier alpha value is -3.05. The zero-order valence-electron chi connectivity index (χ0n) is 26.9. The van der Waals surface area contributed by atoms with E-state index in [0.717, 1.165) is 31.2 Å². The molecule has 2 spiro atoms. The van der Waals surface area contributed by atoms with Crippen LogP contribution < -0.4 is 11.1 Å². The van der Waals surface area contributed by atoms with E-state index in [-0.39, 0.29) is 58.7 Å². The number of aliphatic imine (C=N–C) groups is 1. The number of nitrogens with two attached hydrogens (primary N) is 1. The fourth-order valence-corrected chi connectivity index (χ4v) is 12.7. The molecule has 7 N–H and O–H groups in total. The van der Waals surface area contributed by atoms with E-state index in [1.54, 1.807) is 7.05 Å². The summed E-state index contributed by atoms with van der Waals surface area (Å²) >= 11 is 0. The van der Waals surface area contributed by atoms with Gasteiger partial charge in [0.1, 0.15) is 0 Å². The SMILES string of the molecule is CN=C(N)NC1C#CC2CC3(C=C(Cc4cc5ccccc5[nH]4)C24C2C=CCC5(O)C6CC(O)C(O)(C1)C6C4CCC25)CCCC3. The van der Waals surface area contributed by atoms with Crippen LogP contribution in [0.4, 0.5) is 0 Å². The third-order valence-corrected chi connectivity index (χ3v) is 14.3. The highest BCUT2D eigenvalue weighted by atomic mass is 16.3. The quantitative estimate of drug-likeness (QED) is 0.130. The lowest BCUT2D eigenvalue weighted by atomic mass is 9.42. The van der Waals surface area contributed by atoms with Gasteiger partial charge in [-0.1, -0.05) is 66.7 Å². The first kappa shape index (κ1) is 29.1. The summed E-state index contributed by atoms with van der Waals surface area (Å²) in [6.07, 6.45) is 16.2. The van der Waals surface area contributed by atoms with Crippen LogP contribution >= 0.6 is 0 Å². The van der Waals surface area contributed by atoms with Gasteiger partial charge in [-0.3, -0.25) is 4.99 Å². The number of hydrogen-bond acceptors (Lipinski definition) is 4. The summed E-state index contributed by atoms with van der Waals surface area (Å²) in [4.78, 5) is 7.92. The fourth-order valence-electron chi connectivity index (χ4n) is 12.7. The van der Waals surface area contributed by atoms with Gasteiger partial charge in [-0.05, 0) is 97.5 Å². The van der Waals surface area contributed by atoms with Crippen LogP contribution in [-0.2, 0) is 6.42 Å². The van der Waals surface area contributed by atoms with Crippen molar-refractivity contribution in [1.29, 1.82) is 0 Å². The second-order valence-electron chi connectivity index (χ2n) is 16.1. The van der Waals surface area contributed by atoms with Crippen molar-refractivity contribution in [3.8, 4) is 11.8 Å². The maximum absolute atomic E-state index is 12.9. The van der Waals surface area contributed by atoms with Gasteiger partial charge in [-0.15, -0.1) is 0 Å². The number of guanidine groups is 1. The van der Waals surface area contributed by atoms with E-state index in [0.29, 0.717) is 12.8 Å². The average molecular weight is 621 g/mol. The summed E-state index contributed by atoms with van der Waals surface area (Å²) in [5.74, 6) is 7.71. The molecule has 242 valence electrons. The van der Waals surface area contributed by atoms with Gasteiger partial charge in [0.2, 0.25) is 0 Å². The third-order valence-electron chi connectivity index (χ3n) is 14.3. The molecule has 1 aromatic heterocycles. The number of aliphatic hydroxyl groups excluding tert-OH is 1. The number of aromatic nitrogens is 1. The summed E-state index contributed by atoms with van der Waals surface area (Å²) in [6.45, 7) is 0. The van der Waals surface area contributed by atoms with E-state index in [9.17, 15) is 15.3 Å². The molecule has 11 atom stereocenters. The van der Waals surface area contributed by atoms with Gasteiger partial charge >= 0.3 is 0 Å². The Kier molecular flexibility index (Phi) is 6.32. The third kappa shape index (κ3) is 3.81. The molecule has 1 heterocycles. The lowest BCUT2D eigenvalue weighted by Gasteiger charge is -2.61. The predicted molar refractivity (Wildman–Crippen MR) is 179 cm³/mol. The Bertz CT molecular complexity index is 1690. The van der Waals surface area contributed by atoms with Crippen molar-refractivity contribution in [2.75, 3.05) is 7.05 Å². The van der Waals surface area contributed by atoms with Crippen molar-refractivity contribution in [2.45, 2.75) is 94.0 Å². The summed E-state index contributed by atoms with van der Waals surface area (Å²) in [6, 6.07) is 10.4. The van der Waals surface area contributed by atoms with Crippen molar-refractivity contribution in [2.24, 2.45) is 57.1 Å². The molecule has 0 aliphatic heterocycles. The van der Waals surface area contributed by atoms with E-state index >= 15 is 0 Å². The van der Waals surface area contributed by atoms with Crippen LogP contribution in [-0.4, -0.2) is 56.7 Å². The maximum Gasteiger partial charge on any atom is 0.189 e. The van der Waals surface area contributed by atoms with Gasteiger partial charge in [0.25, 0.3) is 0 Å². The summed E-state index contributed by atoms with van der Waals surface area (Å²) in [7, 11) is 1.65. The summed E-state index contributed by atoms with van der Waals surface area (Å²) in [5.41, 5.74) is 7.42. The first-order valence-corrected chi connectivity index (χ1v) is 17.8. The van der Waals surface area contributed by atoms with Crippen molar-refractivity contribution < 1.29 is 15.3 Å². The predicted octanol–water partition coefficient (Wildman–Crippen LogP) is 4.59. The molecular weight excluding hydrogens is 572 g/mol. The van der Waals surface area contributed by atoms with Gasteiger partial charge in [-0.25, -0.2) is 0 Å². The van der Waals surface area contributed by atoms with Crippen molar-refractivity contribution in [3.63, 3.8) is 0 Å².